The highest BCUT2D eigenvalue weighted by Crippen LogP contribution is 2.32. The van der Waals surface area contributed by atoms with E-state index in [-0.39, 0.29) is 17.6 Å². The maximum absolute atomic E-state index is 13.0. The van der Waals surface area contributed by atoms with E-state index in [0.29, 0.717) is 18.8 Å². The van der Waals surface area contributed by atoms with Gasteiger partial charge in [-0.05, 0) is 46.1 Å². The van der Waals surface area contributed by atoms with Crippen LogP contribution >= 0.6 is 0 Å². The topological polar surface area (TPSA) is 66.1 Å². The number of rotatable bonds is 3. The first-order valence-corrected chi connectivity index (χ1v) is 9.13. The van der Waals surface area contributed by atoms with Crippen molar-refractivity contribution in [1.82, 2.24) is 14.3 Å². The average Bonchev–Trinajstić information content (AvgIpc) is 2.86. The summed E-state index contributed by atoms with van der Waals surface area (Å²) in [4.78, 5) is 25.6. The van der Waals surface area contributed by atoms with Crippen LogP contribution in [0.15, 0.2) is 29.1 Å². The molecule has 26 heavy (non-hydrogen) atoms. The molecule has 1 aliphatic heterocycles. The van der Waals surface area contributed by atoms with Crippen LogP contribution in [0.4, 0.5) is 0 Å². The second-order valence-electron chi connectivity index (χ2n) is 8.18. The quantitative estimate of drug-likeness (QED) is 0.791. The number of hydrogen-bond donors (Lipinski definition) is 0. The molecule has 1 aliphatic rings. The van der Waals surface area contributed by atoms with Gasteiger partial charge >= 0.3 is 11.7 Å². The van der Waals surface area contributed by atoms with Crippen LogP contribution in [-0.4, -0.2) is 25.9 Å². The lowest BCUT2D eigenvalue weighted by molar-refractivity contribution is -0.159. The zero-order chi connectivity index (χ0) is 19.1. The zero-order valence-electron chi connectivity index (χ0n) is 16.2. The molecular formula is C20H27N3O3. The van der Waals surface area contributed by atoms with E-state index in [9.17, 15) is 9.59 Å². The highest BCUT2D eigenvalue weighted by atomic mass is 16.6. The van der Waals surface area contributed by atoms with Gasteiger partial charge in [0, 0.05) is 5.92 Å². The third kappa shape index (κ3) is 3.74. The number of benzene rings is 1. The van der Waals surface area contributed by atoms with Gasteiger partial charge in [-0.2, -0.15) is 5.10 Å². The van der Waals surface area contributed by atoms with E-state index in [4.69, 9.17) is 4.74 Å². The highest BCUT2D eigenvalue weighted by Gasteiger charge is 2.36. The van der Waals surface area contributed by atoms with Crippen LogP contribution in [0.3, 0.4) is 0 Å². The summed E-state index contributed by atoms with van der Waals surface area (Å²) in [6.07, 6.45) is 1.41. The number of carbonyl (C=O) groups is 1. The second-order valence-corrected chi connectivity index (χ2v) is 8.18. The minimum Gasteiger partial charge on any atom is -0.458 e. The first-order chi connectivity index (χ1) is 12.2. The van der Waals surface area contributed by atoms with Crippen LogP contribution in [0.1, 0.15) is 69.4 Å². The molecule has 6 nitrogen and oxygen atoms in total. The Bertz CT molecular complexity index is 856. The third-order valence-electron chi connectivity index (χ3n) is 4.65. The molecule has 0 saturated heterocycles. The zero-order valence-corrected chi connectivity index (χ0v) is 16.2. The minimum atomic E-state index is -0.598. The lowest BCUT2D eigenvalue weighted by Gasteiger charge is -2.28. The van der Waals surface area contributed by atoms with Gasteiger partial charge in [-0.3, -0.25) is 4.57 Å². The van der Waals surface area contributed by atoms with Crippen LogP contribution in [0.25, 0.3) is 0 Å². The fraction of sp³-hybridized carbons (Fsp3) is 0.550. The summed E-state index contributed by atoms with van der Waals surface area (Å²) in [6, 6.07) is 7.43. The van der Waals surface area contributed by atoms with Gasteiger partial charge in [0.2, 0.25) is 0 Å². The number of fused-ring (bicyclic) bond motifs is 1. The van der Waals surface area contributed by atoms with E-state index in [1.165, 1.54) is 14.8 Å². The average molecular weight is 357 g/mol. The van der Waals surface area contributed by atoms with Gasteiger partial charge in [0.25, 0.3) is 0 Å². The van der Waals surface area contributed by atoms with E-state index in [1.54, 1.807) is 0 Å². The summed E-state index contributed by atoms with van der Waals surface area (Å²) in [5, 5.41) is 4.54. The van der Waals surface area contributed by atoms with Gasteiger partial charge in [0.15, 0.2) is 0 Å². The lowest BCUT2D eigenvalue weighted by atomic mass is 9.96. The SMILES string of the molecule is Cc1ccc(Cn2nc3n(c2=O)C(C(=O)OC(C)(C)C)CCC3C)cc1. The van der Waals surface area contributed by atoms with Crippen molar-refractivity contribution in [2.75, 3.05) is 0 Å². The first-order valence-electron chi connectivity index (χ1n) is 9.13. The van der Waals surface area contributed by atoms with E-state index in [0.717, 1.165) is 12.0 Å². The number of hydrogen-bond acceptors (Lipinski definition) is 4. The largest absolute Gasteiger partial charge is 0.458 e. The summed E-state index contributed by atoms with van der Waals surface area (Å²) in [6.45, 7) is 9.97. The Morgan fingerprint density at radius 2 is 1.88 bits per heavy atom. The normalized spacial score (nSPS) is 19.9. The monoisotopic (exact) mass is 357 g/mol. The van der Waals surface area contributed by atoms with E-state index in [2.05, 4.69) is 5.10 Å². The Morgan fingerprint density at radius 1 is 1.23 bits per heavy atom. The Kier molecular flexibility index (Phi) is 4.78. The molecule has 140 valence electrons. The lowest BCUT2D eigenvalue weighted by Crippen LogP contribution is -2.38. The Balaban J connectivity index is 1.95. The molecule has 0 amide bonds. The molecule has 2 aromatic rings. The number of aromatic nitrogens is 3. The summed E-state index contributed by atoms with van der Waals surface area (Å²) in [5.74, 6) is 0.451. The molecular weight excluding hydrogens is 330 g/mol. The number of nitrogens with zero attached hydrogens (tertiary/aromatic N) is 3. The van der Waals surface area contributed by atoms with Crippen molar-refractivity contribution < 1.29 is 9.53 Å². The minimum absolute atomic E-state index is 0.139. The standard InChI is InChI=1S/C20H27N3O3/c1-13-6-9-15(10-7-13)12-22-19(25)23-16(18(24)26-20(3,4)5)11-8-14(2)17(23)21-22/h6-7,9-10,14,16H,8,11-12H2,1-5H3. The van der Waals surface area contributed by atoms with Crippen LogP contribution < -0.4 is 5.69 Å². The number of aryl methyl sites for hydroxylation is 1. The van der Waals surface area contributed by atoms with Crippen LogP contribution in [0.5, 0.6) is 0 Å². The van der Waals surface area contributed by atoms with Gasteiger partial charge in [-0.1, -0.05) is 36.8 Å². The van der Waals surface area contributed by atoms with Gasteiger partial charge in [-0.25, -0.2) is 14.3 Å². The third-order valence-corrected chi connectivity index (χ3v) is 4.65. The fourth-order valence-corrected chi connectivity index (χ4v) is 3.29. The second kappa shape index (κ2) is 6.74. The molecule has 3 rings (SSSR count). The molecule has 0 aliphatic carbocycles. The number of esters is 1. The molecule has 2 heterocycles. The van der Waals surface area contributed by atoms with Crippen molar-refractivity contribution in [3.05, 3.63) is 51.7 Å². The van der Waals surface area contributed by atoms with Crippen molar-refractivity contribution in [1.29, 1.82) is 0 Å². The predicted molar refractivity (Wildman–Crippen MR) is 99.3 cm³/mol. The van der Waals surface area contributed by atoms with Crippen LogP contribution in [0.2, 0.25) is 0 Å². The van der Waals surface area contributed by atoms with E-state index >= 15 is 0 Å². The number of ether oxygens (including phenoxy) is 1. The van der Waals surface area contributed by atoms with Crippen molar-refractivity contribution in [3.63, 3.8) is 0 Å². The predicted octanol–water partition coefficient (Wildman–Crippen LogP) is 3.18. The molecule has 1 aromatic heterocycles. The van der Waals surface area contributed by atoms with Gasteiger partial charge in [-0.15, -0.1) is 0 Å². The van der Waals surface area contributed by atoms with Gasteiger partial charge < -0.3 is 4.74 Å². The molecule has 0 saturated carbocycles. The van der Waals surface area contributed by atoms with Crippen molar-refractivity contribution in [2.45, 2.75) is 71.6 Å². The smallest absolute Gasteiger partial charge is 0.347 e. The Morgan fingerprint density at radius 3 is 2.50 bits per heavy atom. The van der Waals surface area contributed by atoms with Crippen molar-refractivity contribution in [3.8, 4) is 0 Å². The van der Waals surface area contributed by atoms with E-state index in [1.807, 2.05) is 58.9 Å². The molecule has 2 unspecified atom stereocenters. The first kappa shape index (κ1) is 18.4. The molecule has 0 bridgehead atoms. The molecule has 2 atom stereocenters. The molecule has 0 spiro atoms. The molecule has 0 radical (unpaired) electrons. The van der Waals surface area contributed by atoms with E-state index < -0.39 is 11.6 Å². The molecule has 0 fully saturated rings. The highest BCUT2D eigenvalue weighted by molar-refractivity contribution is 5.75. The summed E-state index contributed by atoms with van der Waals surface area (Å²) in [5.41, 5.74) is 1.35. The Hall–Kier alpha value is -2.37. The fourth-order valence-electron chi connectivity index (χ4n) is 3.29. The van der Waals surface area contributed by atoms with Gasteiger partial charge in [0.05, 0.1) is 6.54 Å². The van der Waals surface area contributed by atoms with Crippen LogP contribution in [0, 0.1) is 6.92 Å². The molecule has 1 aromatic carbocycles. The van der Waals surface area contributed by atoms with Crippen LogP contribution in [-0.2, 0) is 16.1 Å². The molecule has 6 heteroatoms. The van der Waals surface area contributed by atoms with Crippen molar-refractivity contribution in [2.24, 2.45) is 0 Å². The van der Waals surface area contributed by atoms with Gasteiger partial charge in [0.1, 0.15) is 17.5 Å². The maximum atomic E-state index is 13.0. The number of carbonyl (C=O) groups excluding carboxylic acids is 1. The Labute approximate surface area is 153 Å². The summed E-state index contributed by atoms with van der Waals surface area (Å²) < 4.78 is 8.52. The van der Waals surface area contributed by atoms with Crippen molar-refractivity contribution >= 4 is 5.97 Å². The summed E-state index contributed by atoms with van der Waals surface area (Å²) >= 11 is 0. The maximum Gasteiger partial charge on any atom is 0.347 e. The molecule has 0 N–H and O–H groups in total. The summed E-state index contributed by atoms with van der Waals surface area (Å²) in [7, 11) is 0.